The first-order chi connectivity index (χ1) is 10.5. The van der Waals surface area contributed by atoms with Crippen LogP contribution in [0.25, 0.3) is 0 Å². The molecule has 1 aliphatic heterocycles. The lowest BCUT2D eigenvalue weighted by Crippen LogP contribution is -2.42. The molecule has 0 aliphatic carbocycles. The first-order valence-corrected chi connectivity index (χ1v) is 7.39. The van der Waals surface area contributed by atoms with Gasteiger partial charge in [-0.2, -0.15) is 0 Å². The van der Waals surface area contributed by atoms with Crippen molar-refractivity contribution in [3.05, 3.63) is 29.8 Å². The number of amides is 2. The molecule has 6 heteroatoms. The fraction of sp³-hybridized carbons (Fsp3) is 0.500. The highest BCUT2D eigenvalue weighted by molar-refractivity contribution is 5.94. The fourth-order valence-electron chi connectivity index (χ4n) is 2.66. The number of ether oxygens (including phenoxy) is 1. The van der Waals surface area contributed by atoms with Crippen molar-refractivity contribution < 1.29 is 19.4 Å². The molecule has 120 valence electrons. The molecular formula is C16H22N2O4. The van der Waals surface area contributed by atoms with Gasteiger partial charge in [0, 0.05) is 25.6 Å². The third-order valence-corrected chi connectivity index (χ3v) is 3.86. The normalized spacial score (nSPS) is 21.9. The summed E-state index contributed by atoms with van der Waals surface area (Å²) in [6, 6.07) is 6.71. The van der Waals surface area contributed by atoms with Crippen LogP contribution in [0.5, 0.6) is 5.75 Å². The Hall–Kier alpha value is -2.08. The molecule has 0 radical (unpaired) electrons. The van der Waals surface area contributed by atoms with E-state index in [9.17, 15) is 14.7 Å². The van der Waals surface area contributed by atoms with Crippen molar-refractivity contribution >= 4 is 11.8 Å². The summed E-state index contributed by atoms with van der Waals surface area (Å²) < 4.78 is 5.14. The quantitative estimate of drug-likeness (QED) is 0.865. The van der Waals surface area contributed by atoms with E-state index < -0.39 is 6.10 Å². The molecular weight excluding hydrogens is 284 g/mol. The predicted octanol–water partition coefficient (Wildman–Crippen LogP) is 0.797. The Morgan fingerprint density at radius 2 is 2.05 bits per heavy atom. The van der Waals surface area contributed by atoms with Gasteiger partial charge >= 0.3 is 0 Å². The number of hydrogen-bond acceptors (Lipinski definition) is 4. The summed E-state index contributed by atoms with van der Waals surface area (Å²) in [5.41, 5.74) is 0.562. The van der Waals surface area contributed by atoms with E-state index in [0.29, 0.717) is 37.2 Å². The van der Waals surface area contributed by atoms with Crippen LogP contribution in [-0.4, -0.2) is 54.2 Å². The van der Waals surface area contributed by atoms with Crippen molar-refractivity contribution in [1.82, 2.24) is 10.2 Å². The van der Waals surface area contributed by atoms with Gasteiger partial charge in [0.2, 0.25) is 5.91 Å². The van der Waals surface area contributed by atoms with Crippen LogP contribution in [0.3, 0.4) is 0 Å². The molecule has 0 bridgehead atoms. The first-order valence-electron chi connectivity index (χ1n) is 7.39. The van der Waals surface area contributed by atoms with Crippen LogP contribution in [0.4, 0.5) is 0 Å². The monoisotopic (exact) mass is 306 g/mol. The molecule has 1 aromatic carbocycles. The van der Waals surface area contributed by atoms with Crippen molar-refractivity contribution in [3.63, 3.8) is 0 Å². The molecule has 1 saturated heterocycles. The summed E-state index contributed by atoms with van der Waals surface area (Å²) >= 11 is 0. The van der Waals surface area contributed by atoms with Gasteiger partial charge in [-0.05, 0) is 31.0 Å². The van der Waals surface area contributed by atoms with Gasteiger partial charge in [0.1, 0.15) is 5.75 Å². The van der Waals surface area contributed by atoms with Crippen molar-refractivity contribution in [1.29, 1.82) is 0 Å². The second-order valence-electron chi connectivity index (χ2n) is 5.48. The molecule has 2 atom stereocenters. The Balaban J connectivity index is 2.06. The van der Waals surface area contributed by atoms with E-state index in [1.807, 2.05) is 0 Å². The highest BCUT2D eigenvalue weighted by Gasteiger charge is 2.27. The van der Waals surface area contributed by atoms with E-state index >= 15 is 0 Å². The van der Waals surface area contributed by atoms with Crippen LogP contribution in [0.1, 0.15) is 30.1 Å². The molecule has 2 rings (SSSR count). The lowest BCUT2D eigenvalue weighted by Gasteiger charge is -2.21. The van der Waals surface area contributed by atoms with E-state index in [1.165, 1.54) is 6.92 Å². The molecule has 1 aromatic rings. The van der Waals surface area contributed by atoms with Crippen molar-refractivity contribution in [3.8, 4) is 5.75 Å². The molecule has 1 aliphatic rings. The van der Waals surface area contributed by atoms with Gasteiger partial charge in [-0.3, -0.25) is 9.59 Å². The average molecular weight is 306 g/mol. The molecule has 1 heterocycles. The number of nitrogens with zero attached hydrogens (tertiary/aromatic N) is 1. The van der Waals surface area contributed by atoms with Crippen LogP contribution in [0.15, 0.2) is 24.3 Å². The summed E-state index contributed by atoms with van der Waals surface area (Å²) in [5.74, 6) is 0.378. The second kappa shape index (κ2) is 7.26. The number of hydrogen-bond donors (Lipinski definition) is 2. The summed E-state index contributed by atoms with van der Waals surface area (Å²) in [6.45, 7) is 2.39. The molecule has 1 fully saturated rings. The SMILES string of the molecule is COc1cccc(C(=O)N2CC[C@H](NC(C)=O)[C@@H](O)CC2)c1. The number of rotatable bonds is 3. The molecule has 0 saturated carbocycles. The lowest BCUT2D eigenvalue weighted by molar-refractivity contribution is -0.120. The number of nitrogens with one attached hydrogen (secondary N) is 1. The minimum absolute atomic E-state index is 0.0884. The summed E-state index contributed by atoms with van der Waals surface area (Å²) in [7, 11) is 1.56. The van der Waals surface area contributed by atoms with Gasteiger partial charge in [0.15, 0.2) is 0 Å². The van der Waals surface area contributed by atoms with Crippen molar-refractivity contribution in [2.75, 3.05) is 20.2 Å². The molecule has 0 spiro atoms. The van der Waals surface area contributed by atoms with Crippen molar-refractivity contribution in [2.24, 2.45) is 0 Å². The Morgan fingerprint density at radius 1 is 1.32 bits per heavy atom. The number of carbonyl (C=O) groups excluding carboxylic acids is 2. The van der Waals surface area contributed by atoms with E-state index in [-0.39, 0.29) is 17.9 Å². The van der Waals surface area contributed by atoms with E-state index in [1.54, 1.807) is 36.3 Å². The zero-order valence-corrected chi connectivity index (χ0v) is 12.9. The van der Waals surface area contributed by atoms with Crippen molar-refractivity contribution in [2.45, 2.75) is 31.9 Å². The fourth-order valence-corrected chi connectivity index (χ4v) is 2.66. The number of benzene rings is 1. The summed E-state index contributed by atoms with van der Waals surface area (Å²) in [5, 5.41) is 12.8. The van der Waals surface area contributed by atoms with E-state index in [0.717, 1.165) is 0 Å². The zero-order chi connectivity index (χ0) is 16.1. The molecule has 2 N–H and O–H groups in total. The number of aliphatic hydroxyl groups excluding tert-OH is 1. The first kappa shape index (κ1) is 16.3. The highest BCUT2D eigenvalue weighted by Crippen LogP contribution is 2.18. The Kier molecular flexibility index (Phi) is 5.38. The zero-order valence-electron chi connectivity index (χ0n) is 12.9. The second-order valence-corrected chi connectivity index (χ2v) is 5.48. The maximum atomic E-state index is 12.6. The Morgan fingerprint density at radius 3 is 2.73 bits per heavy atom. The van der Waals surface area contributed by atoms with Crippen LogP contribution in [0.2, 0.25) is 0 Å². The third kappa shape index (κ3) is 3.98. The lowest BCUT2D eigenvalue weighted by atomic mass is 10.1. The number of carbonyl (C=O) groups is 2. The molecule has 2 amide bonds. The molecule has 0 aromatic heterocycles. The smallest absolute Gasteiger partial charge is 0.253 e. The largest absolute Gasteiger partial charge is 0.497 e. The van der Waals surface area contributed by atoms with Crippen LogP contribution >= 0.6 is 0 Å². The average Bonchev–Trinajstić information content (AvgIpc) is 2.69. The number of aliphatic hydroxyl groups is 1. The minimum atomic E-state index is -0.632. The molecule has 22 heavy (non-hydrogen) atoms. The van der Waals surface area contributed by atoms with Gasteiger partial charge < -0.3 is 20.1 Å². The number of methoxy groups -OCH3 is 1. The van der Waals surface area contributed by atoms with E-state index in [2.05, 4.69) is 5.32 Å². The highest BCUT2D eigenvalue weighted by atomic mass is 16.5. The Bertz CT molecular complexity index is 547. The minimum Gasteiger partial charge on any atom is -0.497 e. The topological polar surface area (TPSA) is 78.9 Å². The van der Waals surface area contributed by atoms with Gasteiger partial charge in [0.05, 0.1) is 19.3 Å². The third-order valence-electron chi connectivity index (χ3n) is 3.86. The summed E-state index contributed by atoms with van der Waals surface area (Å²) in [6.07, 6.45) is 0.351. The standard InChI is InChI=1S/C16H22N2O4/c1-11(19)17-14-6-8-18(9-7-15(14)20)16(21)12-4-3-5-13(10-12)22-2/h3-5,10,14-15,20H,6-9H2,1-2H3,(H,17,19)/t14-,15-/m0/s1. The summed E-state index contributed by atoms with van der Waals surface area (Å²) in [4.78, 5) is 25.4. The van der Waals surface area contributed by atoms with Crippen LogP contribution in [-0.2, 0) is 4.79 Å². The van der Waals surface area contributed by atoms with Crippen LogP contribution < -0.4 is 10.1 Å². The Labute approximate surface area is 130 Å². The van der Waals surface area contributed by atoms with E-state index in [4.69, 9.17) is 4.74 Å². The predicted molar refractivity (Wildman–Crippen MR) is 81.7 cm³/mol. The van der Waals surface area contributed by atoms with Crippen LogP contribution in [0, 0.1) is 0 Å². The van der Waals surface area contributed by atoms with Gasteiger partial charge in [-0.15, -0.1) is 0 Å². The number of likely N-dealkylation sites (tertiary alicyclic amines) is 1. The van der Waals surface area contributed by atoms with Gasteiger partial charge in [-0.1, -0.05) is 6.07 Å². The maximum Gasteiger partial charge on any atom is 0.253 e. The molecule has 6 nitrogen and oxygen atoms in total. The van der Waals surface area contributed by atoms with Gasteiger partial charge in [-0.25, -0.2) is 0 Å². The van der Waals surface area contributed by atoms with Gasteiger partial charge in [0.25, 0.3) is 5.91 Å². The molecule has 0 unspecified atom stereocenters. The maximum absolute atomic E-state index is 12.6.